The predicted molar refractivity (Wildman–Crippen MR) is 71.9 cm³/mol. The normalized spacial score (nSPS) is 13.5. The van der Waals surface area contributed by atoms with E-state index in [9.17, 15) is 0 Å². The second-order valence-electron chi connectivity index (χ2n) is 4.44. The van der Waals surface area contributed by atoms with Gasteiger partial charge in [0, 0.05) is 6.07 Å². The van der Waals surface area contributed by atoms with Gasteiger partial charge in [-0.3, -0.25) is 0 Å². The monoisotopic (exact) mass is 247 g/mol. The fourth-order valence-corrected chi connectivity index (χ4v) is 1.38. The summed E-state index contributed by atoms with van der Waals surface area (Å²) in [5.41, 5.74) is 0.548. The fraction of sp³-hybridized carbons (Fsp3) is 0.533. The van der Waals surface area contributed by atoms with E-state index in [4.69, 9.17) is 14.7 Å². The highest BCUT2D eigenvalue weighted by atomic mass is 16.5. The number of nitrogens with zero attached hydrogens (tertiary/aromatic N) is 1. The van der Waals surface area contributed by atoms with E-state index in [1.165, 1.54) is 0 Å². The van der Waals surface area contributed by atoms with E-state index in [0.29, 0.717) is 11.3 Å². The van der Waals surface area contributed by atoms with Crippen LogP contribution in [0.25, 0.3) is 0 Å². The van der Waals surface area contributed by atoms with Crippen LogP contribution in [0.15, 0.2) is 18.2 Å². The molecule has 0 N–H and O–H groups in total. The highest BCUT2D eigenvalue weighted by Crippen LogP contribution is 2.26. The lowest BCUT2D eigenvalue weighted by atomic mass is 10.2. The molecule has 1 aromatic carbocycles. The number of rotatable bonds is 6. The summed E-state index contributed by atoms with van der Waals surface area (Å²) >= 11 is 0. The zero-order chi connectivity index (χ0) is 13.5. The first kappa shape index (κ1) is 14.4. The Hall–Kier alpha value is -1.69. The predicted octanol–water partition coefficient (Wildman–Crippen LogP) is 3.91. The summed E-state index contributed by atoms with van der Waals surface area (Å²) in [5, 5.41) is 9.05. The molecule has 1 rings (SSSR count). The maximum Gasteiger partial charge on any atom is 0.141 e. The molecule has 0 unspecified atom stereocenters. The lowest BCUT2D eigenvalue weighted by molar-refractivity contribution is 0.205. The smallest absolute Gasteiger partial charge is 0.141 e. The van der Waals surface area contributed by atoms with Crippen molar-refractivity contribution in [3.63, 3.8) is 0 Å². The van der Waals surface area contributed by atoms with Crippen molar-refractivity contribution in [3.8, 4) is 17.6 Å². The fourth-order valence-electron chi connectivity index (χ4n) is 1.38. The van der Waals surface area contributed by atoms with Crippen LogP contribution in [0.5, 0.6) is 11.5 Å². The summed E-state index contributed by atoms with van der Waals surface area (Å²) in [6.07, 6.45) is 2.11. The highest BCUT2D eigenvalue weighted by Gasteiger charge is 2.10. The molecule has 0 aliphatic carbocycles. The Morgan fingerprint density at radius 1 is 1.11 bits per heavy atom. The first-order valence-corrected chi connectivity index (χ1v) is 6.48. The van der Waals surface area contributed by atoms with Crippen molar-refractivity contribution in [1.29, 1.82) is 5.26 Å². The molecule has 0 spiro atoms. The summed E-state index contributed by atoms with van der Waals surface area (Å²) in [5.74, 6) is 1.36. The summed E-state index contributed by atoms with van der Waals surface area (Å²) in [6.45, 7) is 8.14. The van der Waals surface area contributed by atoms with E-state index in [-0.39, 0.29) is 12.2 Å². The van der Waals surface area contributed by atoms with Crippen molar-refractivity contribution in [1.82, 2.24) is 0 Å². The van der Waals surface area contributed by atoms with Crippen molar-refractivity contribution in [2.75, 3.05) is 0 Å². The van der Waals surface area contributed by atoms with E-state index in [2.05, 4.69) is 19.9 Å². The van der Waals surface area contributed by atoms with Crippen molar-refractivity contribution in [2.45, 2.75) is 52.7 Å². The SMILES string of the molecule is CC[C@H](C)Oc1ccc(C#N)c(O[C@@H](C)CC)c1. The number of hydrogen-bond donors (Lipinski definition) is 0. The van der Waals surface area contributed by atoms with Gasteiger partial charge in [0.1, 0.15) is 17.6 Å². The van der Waals surface area contributed by atoms with Gasteiger partial charge in [0.15, 0.2) is 0 Å². The standard InChI is InChI=1S/C15H21NO2/c1-5-11(3)17-14-8-7-13(10-16)15(9-14)18-12(4)6-2/h7-9,11-12H,5-6H2,1-4H3/t11-,12-/m0/s1. The second kappa shape index (κ2) is 6.90. The molecule has 0 aliphatic heterocycles. The minimum absolute atomic E-state index is 0.0935. The summed E-state index contributed by atoms with van der Waals surface area (Å²) < 4.78 is 11.5. The van der Waals surface area contributed by atoms with Crippen molar-refractivity contribution >= 4 is 0 Å². The van der Waals surface area contributed by atoms with Crippen LogP contribution in [-0.4, -0.2) is 12.2 Å². The van der Waals surface area contributed by atoms with E-state index in [0.717, 1.165) is 18.6 Å². The molecule has 0 aliphatic rings. The molecule has 1 aromatic rings. The van der Waals surface area contributed by atoms with E-state index < -0.39 is 0 Å². The molecule has 0 radical (unpaired) electrons. The van der Waals surface area contributed by atoms with Gasteiger partial charge in [-0.05, 0) is 38.8 Å². The van der Waals surface area contributed by atoms with E-state index in [1.54, 1.807) is 12.1 Å². The first-order valence-electron chi connectivity index (χ1n) is 6.48. The lowest BCUT2D eigenvalue weighted by Crippen LogP contribution is -2.12. The summed E-state index contributed by atoms with van der Waals surface area (Å²) in [7, 11) is 0. The van der Waals surface area contributed by atoms with Gasteiger partial charge in [-0.1, -0.05) is 13.8 Å². The van der Waals surface area contributed by atoms with Crippen molar-refractivity contribution in [3.05, 3.63) is 23.8 Å². The van der Waals surface area contributed by atoms with Crippen LogP contribution in [0.3, 0.4) is 0 Å². The molecule has 2 atom stereocenters. The van der Waals surface area contributed by atoms with Crippen LogP contribution in [0.4, 0.5) is 0 Å². The Labute approximate surface area is 109 Å². The molecule has 0 heterocycles. The molecule has 0 saturated carbocycles. The molecule has 3 heteroatoms. The molecule has 18 heavy (non-hydrogen) atoms. The number of nitriles is 1. The van der Waals surface area contributed by atoms with Crippen LogP contribution in [-0.2, 0) is 0 Å². The number of hydrogen-bond acceptors (Lipinski definition) is 3. The number of ether oxygens (including phenoxy) is 2. The zero-order valence-corrected chi connectivity index (χ0v) is 11.6. The Morgan fingerprint density at radius 3 is 2.28 bits per heavy atom. The summed E-state index contributed by atoms with van der Waals surface area (Å²) in [6, 6.07) is 7.50. The minimum Gasteiger partial charge on any atom is -0.491 e. The lowest BCUT2D eigenvalue weighted by Gasteiger charge is -2.17. The van der Waals surface area contributed by atoms with Crippen molar-refractivity contribution < 1.29 is 9.47 Å². The molecule has 0 fully saturated rings. The molecule has 0 bridgehead atoms. The first-order chi connectivity index (χ1) is 8.60. The van der Waals surface area contributed by atoms with Gasteiger partial charge in [0.2, 0.25) is 0 Å². The Bertz CT molecular complexity index is 423. The highest BCUT2D eigenvalue weighted by molar-refractivity contribution is 5.47. The van der Waals surface area contributed by atoms with Crippen LogP contribution in [0.1, 0.15) is 46.1 Å². The Balaban J connectivity index is 2.91. The van der Waals surface area contributed by atoms with Gasteiger partial charge in [0.25, 0.3) is 0 Å². The third-order valence-corrected chi connectivity index (χ3v) is 2.89. The third kappa shape index (κ3) is 3.96. The zero-order valence-electron chi connectivity index (χ0n) is 11.6. The molecular weight excluding hydrogens is 226 g/mol. The van der Waals surface area contributed by atoms with Gasteiger partial charge in [-0.25, -0.2) is 0 Å². The average Bonchev–Trinajstić information content (AvgIpc) is 2.38. The van der Waals surface area contributed by atoms with Gasteiger partial charge in [-0.15, -0.1) is 0 Å². The molecule has 0 saturated heterocycles. The summed E-state index contributed by atoms with van der Waals surface area (Å²) in [4.78, 5) is 0. The second-order valence-corrected chi connectivity index (χ2v) is 4.44. The molecule has 0 aromatic heterocycles. The van der Waals surface area contributed by atoms with Crippen molar-refractivity contribution in [2.24, 2.45) is 0 Å². The van der Waals surface area contributed by atoms with Crippen LogP contribution < -0.4 is 9.47 Å². The number of benzene rings is 1. The minimum atomic E-state index is 0.0935. The van der Waals surface area contributed by atoms with Gasteiger partial charge >= 0.3 is 0 Å². The Morgan fingerprint density at radius 2 is 1.72 bits per heavy atom. The quantitative estimate of drug-likeness (QED) is 0.765. The topological polar surface area (TPSA) is 42.2 Å². The largest absolute Gasteiger partial charge is 0.491 e. The molecule has 98 valence electrons. The van der Waals surface area contributed by atoms with Crippen LogP contribution >= 0.6 is 0 Å². The maximum absolute atomic E-state index is 9.05. The van der Waals surface area contributed by atoms with E-state index >= 15 is 0 Å². The van der Waals surface area contributed by atoms with Gasteiger partial charge in [0.05, 0.1) is 17.8 Å². The maximum atomic E-state index is 9.05. The molecule has 0 amide bonds. The van der Waals surface area contributed by atoms with Crippen LogP contribution in [0.2, 0.25) is 0 Å². The van der Waals surface area contributed by atoms with Crippen LogP contribution in [0, 0.1) is 11.3 Å². The van der Waals surface area contributed by atoms with Gasteiger partial charge < -0.3 is 9.47 Å². The molecular formula is C15H21NO2. The third-order valence-electron chi connectivity index (χ3n) is 2.89. The Kier molecular flexibility index (Phi) is 5.51. The van der Waals surface area contributed by atoms with Gasteiger partial charge in [-0.2, -0.15) is 5.26 Å². The average molecular weight is 247 g/mol. The molecule has 3 nitrogen and oxygen atoms in total. The van der Waals surface area contributed by atoms with E-state index in [1.807, 2.05) is 19.9 Å².